The van der Waals surface area contributed by atoms with Gasteiger partial charge in [0.2, 0.25) is 0 Å². The number of aromatic nitrogens is 1. The van der Waals surface area contributed by atoms with E-state index < -0.39 is 5.97 Å². The van der Waals surface area contributed by atoms with Crippen LogP contribution in [-0.2, 0) is 4.79 Å². The Morgan fingerprint density at radius 1 is 1.56 bits per heavy atom. The van der Waals surface area contributed by atoms with Crippen LogP contribution in [0, 0.1) is 12.7 Å². The van der Waals surface area contributed by atoms with Gasteiger partial charge >= 0.3 is 5.97 Å². The lowest BCUT2D eigenvalue weighted by Gasteiger charge is -1.98. The molecule has 0 bridgehead atoms. The Morgan fingerprint density at radius 2 is 2.33 bits per heavy atom. The number of benzene rings is 1. The van der Waals surface area contributed by atoms with Crippen LogP contribution in [0.3, 0.4) is 0 Å². The summed E-state index contributed by atoms with van der Waals surface area (Å²) in [5.74, 6) is -1.20. The van der Waals surface area contributed by atoms with Crippen molar-refractivity contribution in [1.82, 2.24) is 4.98 Å². The van der Waals surface area contributed by atoms with Crippen molar-refractivity contribution in [3.8, 4) is 11.3 Å². The summed E-state index contributed by atoms with van der Waals surface area (Å²) < 4.78 is 13.8. The van der Waals surface area contributed by atoms with Crippen LogP contribution >= 0.6 is 23.1 Å². The molecule has 0 saturated carbocycles. The van der Waals surface area contributed by atoms with E-state index in [2.05, 4.69) is 4.98 Å². The van der Waals surface area contributed by atoms with Gasteiger partial charge in [-0.05, 0) is 19.1 Å². The number of nitrogens with zero attached hydrogens (tertiary/aromatic N) is 1. The van der Waals surface area contributed by atoms with Gasteiger partial charge in [0.15, 0.2) is 4.34 Å². The highest BCUT2D eigenvalue weighted by molar-refractivity contribution is 8.01. The normalized spacial score (nSPS) is 10.6. The van der Waals surface area contributed by atoms with Crippen LogP contribution in [0.5, 0.6) is 0 Å². The molecule has 0 spiro atoms. The number of carbonyl (C=O) groups is 1. The van der Waals surface area contributed by atoms with Crippen molar-refractivity contribution in [1.29, 1.82) is 0 Å². The number of thiazole rings is 1. The van der Waals surface area contributed by atoms with E-state index in [1.807, 2.05) is 6.92 Å². The summed E-state index contributed by atoms with van der Waals surface area (Å²) in [6.45, 7) is 1.89. The molecule has 2 aromatic rings. The van der Waals surface area contributed by atoms with E-state index in [0.717, 1.165) is 4.88 Å². The lowest BCUT2D eigenvalue weighted by molar-refractivity contribution is -0.133. The molecule has 1 heterocycles. The van der Waals surface area contributed by atoms with Crippen LogP contribution in [0.2, 0.25) is 0 Å². The fourth-order valence-corrected chi connectivity index (χ4v) is 3.31. The molecule has 0 saturated heterocycles. The van der Waals surface area contributed by atoms with Gasteiger partial charge < -0.3 is 5.11 Å². The van der Waals surface area contributed by atoms with Crippen LogP contribution in [0.1, 0.15) is 4.88 Å². The Bertz CT molecular complexity index is 583. The van der Waals surface area contributed by atoms with Crippen molar-refractivity contribution in [2.45, 2.75) is 11.3 Å². The van der Waals surface area contributed by atoms with Crippen LogP contribution in [0.4, 0.5) is 4.39 Å². The SMILES string of the molecule is Cc1sc(SCC(=O)O)nc1-c1cccc(F)c1. The maximum absolute atomic E-state index is 13.1. The van der Waals surface area contributed by atoms with Gasteiger partial charge in [0, 0.05) is 10.4 Å². The van der Waals surface area contributed by atoms with Gasteiger partial charge in [-0.3, -0.25) is 4.79 Å². The molecule has 18 heavy (non-hydrogen) atoms. The molecule has 94 valence electrons. The molecule has 0 aliphatic rings. The molecule has 6 heteroatoms. The van der Waals surface area contributed by atoms with Gasteiger partial charge in [-0.2, -0.15) is 0 Å². The second-order valence-corrected chi connectivity index (χ2v) is 6.00. The molecule has 0 atom stereocenters. The van der Waals surface area contributed by atoms with Gasteiger partial charge in [-0.25, -0.2) is 9.37 Å². The average molecular weight is 283 g/mol. The van der Waals surface area contributed by atoms with Crippen molar-refractivity contribution in [2.24, 2.45) is 0 Å². The fourth-order valence-electron chi connectivity index (χ4n) is 1.46. The molecular weight excluding hydrogens is 273 g/mol. The van der Waals surface area contributed by atoms with E-state index in [4.69, 9.17) is 5.11 Å². The molecule has 1 aromatic heterocycles. The highest BCUT2D eigenvalue weighted by atomic mass is 32.2. The molecule has 0 aliphatic carbocycles. The highest BCUT2D eigenvalue weighted by Gasteiger charge is 2.11. The average Bonchev–Trinajstić information content (AvgIpc) is 2.68. The summed E-state index contributed by atoms with van der Waals surface area (Å²) in [6, 6.07) is 6.23. The van der Waals surface area contributed by atoms with E-state index in [1.54, 1.807) is 12.1 Å². The number of aliphatic carboxylic acids is 1. The first kappa shape index (κ1) is 13.0. The number of hydrogen-bond acceptors (Lipinski definition) is 4. The molecule has 0 fully saturated rings. The zero-order valence-electron chi connectivity index (χ0n) is 9.51. The van der Waals surface area contributed by atoms with Crippen molar-refractivity contribution < 1.29 is 14.3 Å². The molecule has 2 rings (SSSR count). The Morgan fingerprint density at radius 3 is 3.00 bits per heavy atom. The van der Waals surface area contributed by atoms with E-state index in [9.17, 15) is 9.18 Å². The van der Waals surface area contributed by atoms with Crippen molar-refractivity contribution >= 4 is 29.1 Å². The number of thioether (sulfide) groups is 1. The molecule has 0 unspecified atom stereocenters. The molecule has 0 aliphatic heterocycles. The summed E-state index contributed by atoms with van der Waals surface area (Å²) in [7, 11) is 0. The molecule has 3 nitrogen and oxygen atoms in total. The first-order chi connectivity index (χ1) is 8.56. The van der Waals surface area contributed by atoms with Gasteiger partial charge in [0.25, 0.3) is 0 Å². The van der Waals surface area contributed by atoms with Gasteiger partial charge in [0.1, 0.15) is 5.82 Å². The minimum atomic E-state index is -0.875. The maximum Gasteiger partial charge on any atom is 0.313 e. The Labute approximate surface area is 112 Å². The zero-order chi connectivity index (χ0) is 13.1. The van der Waals surface area contributed by atoms with Crippen molar-refractivity contribution in [2.75, 3.05) is 5.75 Å². The van der Waals surface area contributed by atoms with Gasteiger partial charge in [0.05, 0.1) is 11.4 Å². The number of rotatable bonds is 4. The Hall–Kier alpha value is -1.40. The summed E-state index contributed by atoms with van der Waals surface area (Å²) in [4.78, 5) is 15.8. The lowest BCUT2D eigenvalue weighted by Crippen LogP contribution is -1.96. The predicted octanol–water partition coefficient (Wildman–Crippen LogP) is 3.43. The molecule has 0 amide bonds. The minimum absolute atomic E-state index is 0.0183. The topological polar surface area (TPSA) is 50.2 Å². The predicted molar refractivity (Wildman–Crippen MR) is 70.6 cm³/mol. The second-order valence-electron chi connectivity index (χ2n) is 3.58. The van der Waals surface area contributed by atoms with Crippen LogP contribution in [0.15, 0.2) is 28.6 Å². The monoisotopic (exact) mass is 283 g/mol. The Balaban J connectivity index is 2.26. The maximum atomic E-state index is 13.1. The fraction of sp³-hybridized carbons (Fsp3) is 0.167. The van der Waals surface area contributed by atoms with E-state index in [0.29, 0.717) is 15.6 Å². The van der Waals surface area contributed by atoms with E-state index in [1.165, 1.54) is 35.2 Å². The van der Waals surface area contributed by atoms with Crippen molar-refractivity contribution in [3.05, 3.63) is 35.0 Å². The quantitative estimate of drug-likeness (QED) is 0.873. The third kappa shape index (κ3) is 3.08. The number of halogens is 1. The summed E-state index contributed by atoms with van der Waals surface area (Å²) in [5.41, 5.74) is 1.43. The minimum Gasteiger partial charge on any atom is -0.481 e. The summed E-state index contributed by atoms with van der Waals surface area (Å²) in [6.07, 6.45) is 0. The third-order valence-electron chi connectivity index (χ3n) is 2.19. The first-order valence-corrected chi connectivity index (χ1v) is 6.94. The summed E-state index contributed by atoms with van der Waals surface area (Å²) >= 11 is 2.60. The first-order valence-electron chi connectivity index (χ1n) is 5.14. The van der Waals surface area contributed by atoms with E-state index >= 15 is 0 Å². The van der Waals surface area contributed by atoms with Crippen LogP contribution in [-0.4, -0.2) is 21.8 Å². The van der Waals surface area contributed by atoms with E-state index in [-0.39, 0.29) is 11.6 Å². The highest BCUT2D eigenvalue weighted by Crippen LogP contribution is 2.32. The molecule has 0 radical (unpaired) electrons. The number of aryl methyl sites for hydroxylation is 1. The van der Waals surface area contributed by atoms with Gasteiger partial charge in [-0.15, -0.1) is 11.3 Å². The van der Waals surface area contributed by atoms with Crippen molar-refractivity contribution in [3.63, 3.8) is 0 Å². The third-order valence-corrected chi connectivity index (χ3v) is 4.29. The van der Waals surface area contributed by atoms with Crippen LogP contribution < -0.4 is 0 Å². The molecule has 1 N–H and O–H groups in total. The van der Waals surface area contributed by atoms with Gasteiger partial charge in [-0.1, -0.05) is 23.9 Å². The number of carboxylic acids is 1. The molecule has 1 aromatic carbocycles. The standard InChI is InChI=1S/C12H10FNO2S2/c1-7-11(8-3-2-4-9(13)5-8)14-12(18-7)17-6-10(15)16/h2-5H,6H2,1H3,(H,15,16). The molecular formula is C12H10FNO2S2. The lowest BCUT2D eigenvalue weighted by atomic mass is 10.1. The zero-order valence-corrected chi connectivity index (χ0v) is 11.1. The van der Waals surface area contributed by atoms with Crippen LogP contribution in [0.25, 0.3) is 11.3 Å². The largest absolute Gasteiger partial charge is 0.481 e. The number of hydrogen-bond donors (Lipinski definition) is 1. The Kier molecular flexibility index (Phi) is 3.98. The second kappa shape index (κ2) is 5.49. The smallest absolute Gasteiger partial charge is 0.313 e. The summed E-state index contributed by atoms with van der Waals surface area (Å²) in [5, 5.41) is 8.61. The number of carboxylic acid groups (broad SMARTS) is 1.